The lowest BCUT2D eigenvalue weighted by Gasteiger charge is -2.24. The quantitative estimate of drug-likeness (QED) is 0.772. The Labute approximate surface area is 88.7 Å². The van der Waals surface area contributed by atoms with E-state index in [2.05, 4.69) is 0 Å². The Morgan fingerprint density at radius 1 is 1.13 bits per heavy atom. The first kappa shape index (κ1) is 12.8. The number of halogens is 3. The van der Waals surface area contributed by atoms with Gasteiger partial charge in [-0.2, -0.15) is 13.2 Å². The van der Waals surface area contributed by atoms with Crippen LogP contribution in [-0.4, -0.2) is 17.4 Å². The molecule has 15 heavy (non-hydrogen) atoms. The molecule has 1 N–H and O–H groups in total. The van der Waals surface area contributed by atoms with Crippen molar-refractivity contribution in [3.63, 3.8) is 0 Å². The number of aliphatic hydroxyl groups is 1. The van der Waals surface area contributed by atoms with Crippen molar-refractivity contribution in [2.45, 2.75) is 63.6 Å². The van der Waals surface area contributed by atoms with Crippen molar-refractivity contribution in [3.8, 4) is 0 Å². The van der Waals surface area contributed by atoms with Crippen molar-refractivity contribution >= 4 is 0 Å². The van der Waals surface area contributed by atoms with E-state index in [1.54, 1.807) is 0 Å². The Bertz CT molecular complexity index is 173. The second-order valence-corrected chi connectivity index (χ2v) is 4.55. The minimum absolute atomic E-state index is 0.139. The lowest BCUT2D eigenvalue weighted by atomic mass is 9.85. The van der Waals surface area contributed by atoms with Crippen molar-refractivity contribution in [2.24, 2.45) is 5.92 Å². The van der Waals surface area contributed by atoms with Crippen LogP contribution in [0.15, 0.2) is 0 Å². The molecule has 0 aromatic carbocycles. The van der Waals surface area contributed by atoms with Gasteiger partial charge < -0.3 is 5.11 Å². The number of rotatable bonds is 4. The van der Waals surface area contributed by atoms with Gasteiger partial charge in [0.25, 0.3) is 0 Å². The largest absolute Gasteiger partial charge is 0.393 e. The standard InChI is InChI=1S/C11H19F3O/c12-11(13,14)7-6-10(15)8-9-4-2-1-3-5-9/h9-10,15H,1-8H2. The second-order valence-electron chi connectivity index (χ2n) is 4.55. The Morgan fingerprint density at radius 2 is 1.73 bits per heavy atom. The van der Waals surface area contributed by atoms with E-state index < -0.39 is 18.7 Å². The average molecular weight is 224 g/mol. The molecule has 1 saturated carbocycles. The highest BCUT2D eigenvalue weighted by atomic mass is 19.4. The van der Waals surface area contributed by atoms with Gasteiger partial charge in [0.15, 0.2) is 0 Å². The zero-order valence-corrected chi connectivity index (χ0v) is 8.89. The Hall–Kier alpha value is -0.250. The van der Waals surface area contributed by atoms with Crippen LogP contribution in [0.4, 0.5) is 13.2 Å². The zero-order valence-electron chi connectivity index (χ0n) is 8.89. The van der Waals surface area contributed by atoms with E-state index in [4.69, 9.17) is 0 Å². The third-order valence-corrected chi connectivity index (χ3v) is 3.09. The highest BCUT2D eigenvalue weighted by Crippen LogP contribution is 2.29. The second kappa shape index (κ2) is 5.73. The lowest BCUT2D eigenvalue weighted by Crippen LogP contribution is -2.19. The predicted octanol–water partition coefficient (Wildman–Crippen LogP) is 3.66. The van der Waals surface area contributed by atoms with Crippen LogP contribution >= 0.6 is 0 Å². The van der Waals surface area contributed by atoms with E-state index in [1.165, 1.54) is 6.42 Å². The average Bonchev–Trinajstić information content (AvgIpc) is 2.15. The van der Waals surface area contributed by atoms with Crippen LogP contribution in [0.2, 0.25) is 0 Å². The Morgan fingerprint density at radius 3 is 2.27 bits per heavy atom. The van der Waals surface area contributed by atoms with Gasteiger partial charge in [-0.05, 0) is 18.8 Å². The van der Waals surface area contributed by atoms with Crippen LogP contribution in [0.25, 0.3) is 0 Å². The normalized spacial score (nSPS) is 21.6. The van der Waals surface area contributed by atoms with Crippen molar-refractivity contribution < 1.29 is 18.3 Å². The van der Waals surface area contributed by atoms with Gasteiger partial charge in [0, 0.05) is 6.42 Å². The van der Waals surface area contributed by atoms with Gasteiger partial charge in [-0.3, -0.25) is 0 Å². The molecule has 0 amide bonds. The molecule has 0 bridgehead atoms. The summed E-state index contributed by atoms with van der Waals surface area (Å²) in [5.41, 5.74) is 0. The summed E-state index contributed by atoms with van der Waals surface area (Å²) in [6.07, 6.45) is 0.355. The molecule has 1 fully saturated rings. The van der Waals surface area contributed by atoms with Crippen molar-refractivity contribution in [3.05, 3.63) is 0 Å². The fourth-order valence-electron chi connectivity index (χ4n) is 2.26. The summed E-state index contributed by atoms with van der Waals surface area (Å²) in [6, 6.07) is 0. The Balaban J connectivity index is 2.14. The highest BCUT2D eigenvalue weighted by molar-refractivity contribution is 4.70. The fourth-order valence-corrected chi connectivity index (χ4v) is 2.26. The summed E-state index contributed by atoms with van der Waals surface area (Å²) in [4.78, 5) is 0. The zero-order chi connectivity index (χ0) is 11.3. The van der Waals surface area contributed by atoms with Crippen LogP contribution in [-0.2, 0) is 0 Å². The molecule has 4 heteroatoms. The first-order valence-corrected chi connectivity index (χ1v) is 5.72. The molecule has 1 aliphatic carbocycles. The van der Waals surface area contributed by atoms with Crippen LogP contribution in [0.3, 0.4) is 0 Å². The number of hydrogen-bond acceptors (Lipinski definition) is 1. The van der Waals surface area contributed by atoms with Crippen LogP contribution in [0.1, 0.15) is 51.4 Å². The fraction of sp³-hybridized carbons (Fsp3) is 1.00. The summed E-state index contributed by atoms with van der Waals surface area (Å²) in [6.45, 7) is 0. The van der Waals surface area contributed by atoms with Gasteiger partial charge >= 0.3 is 6.18 Å². The van der Waals surface area contributed by atoms with Crippen LogP contribution < -0.4 is 0 Å². The van der Waals surface area contributed by atoms with Gasteiger partial charge in [-0.1, -0.05) is 32.1 Å². The highest BCUT2D eigenvalue weighted by Gasteiger charge is 2.28. The number of hydrogen-bond donors (Lipinski definition) is 1. The van der Waals surface area contributed by atoms with Gasteiger partial charge in [-0.25, -0.2) is 0 Å². The molecule has 0 aromatic heterocycles. The van der Waals surface area contributed by atoms with Gasteiger partial charge in [0.05, 0.1) is 6.10 Å². The first-order valence-electron chi connectivity index (χ1n) is 5.72. The molecule has 90 valence electrons. The van der Waals surface area contributed by atoms with E-state index in [-0.39, 0.29) is 6.42 Å². The predicted molar refractivity (Wildman–Crippen MR) is 52.5 cm³/mol. The van der Waals surface area contributed by atoms with Crippen LogP contribution in [0, 0.1) is 5.92 Å². The molecule has 1 atom stereocenters. The monoisotopic (exact) mass is 224 g/mol. The Kier molecular flexibility index (Phi) is 4.90. The summed E-state index contributed by atoms with van der Waals surface area (Å²) >= 11 is 0. The molecule has 0 aliphatic heterocycles. The third kappa shape index (κ3) is 6.03. The number of alkyl halides is 3. The van der Waals surface area contributed by atoms with Gasteiger partial charge in [-0.15, -0.1) is 0 Å². The van der Waals surface area contributed by atoms with Crippen molar-refractivity contribution in [1.29, 1.82) is 0 Å². The molecule has 1 unspecified atom stereocenters. The van der Waals surface area contributed by atoms with Crippen molar-refractivity contribution in [1.82, 2.24) is 0 Å². The SMILES string of the molecule is OC(CCC(F)(F)F)CC1CCCCC1. The topological polar surface area (TPSA) is 20.2 Å². The molecule has 0 aromatic rings. The first-order chi connectivity index (χ1) is 6.97. The van der Waals surface area contributed by atoms with Gasteiger partial charge in [0.2, 0.25) is 0 Å². The molecule has 0 saturated heterocycles. The van der Waals surface area contributed by atoms with E-state index >= 15 is 0 Å². The maximum atomic E-state index is 11.9. The van der Waals surface area contributed by atoms with E-state index in [9.17, 15) is 18.3 Å². The molecule has 1 rings (SSSR count). The summed E-state index contributed by atoms with van der Waals surface area (Å²) in [5, 5.41) is 9.46. The minimum Gasteiger partial charge on any atom is -0.393 e. The summed E-state index contributed by atoms with van der Waals surface area (Å²) in [5.74, 6) is 0.446. The third-order valence-electron chi connectivity index (χ3n) is 3.09. The molecule has 0 radical (unpaired) electrons. The lowest BCUT2D eigenvalue weighted by molar-refractivity contribution is -0.140. The smallest absolute Gasteiger partial charge is 0.389 e. The number of aliphatic hydroxyl groups excluding tert-OH is 1. The molecular formula is C11H19F3O. The molecule has 0 spiro atoms. The van der Waals surface area contributed by atoms with Crippen molar-refractivity contribution in [2.75, 3.05) is 0 Å². The summed E-state index contributed by atoms with van der Waals surface area (Å²) < 4.78 is 35.7. The molecule has 0 heterocycles. The molecule has 1 aliphatic rings. The van der Waals surface area contributed by atoms with E-state index in [0.717, 1.165) is 25.7 Å². The maximum Gasteiger partial charge on any atom is 0.389 e. The van der Waals surface area contributed by atoms with E-state index in [0.29, 0.717) is 12.3 Å². The molecular weight excluding hydrogens is 205 g/mol. The molecule has 1 nitrogen and oxygen atoms in total. The minimum atomic E-state index is -4.13. The van der Waals surface area contributed by atoms with E-state index in [1.807, 2.05) is 0 Å². The maximum absolute atomic E-state index is 11.9. The van der Waals surface area contributed by atoms with Crippen LogP contribution in [0.5, 0.6) is 0 Å². The van der Waals surface area contributed by atoms with Gasteiger partial charge in [0.1, 0.15) is 0 Å². The summed E-state index contributed by atoms with van der Waals surface area (Å²) in [7, 11) is 0.